The van der Waals surface area contributed by atoms with Crippen LogP contribution in [0.1, 0.15) is 32.6 Å². The SMILES string of the molecule is C=CCN(CCCN)C(=O)CCCC. The molecule has 0 saturated heterocycles. The maximum Gasteiger partial charge on any atom is 0.222 e. The molecule has 0 rings (SSSR count). The lowest BCUT2D eigenvalue weighted by Gasteiger charge is -2.20. The number of nitrogens with two attached hydrogens (primary N) is 1. The smallest absolute Gasteiger partial charge is 0.222 e. The standard InChI is InChI=1S/C11H22N2O/c1-3-5-7-11(14)13(9-4-2)10-6-8-12/h4H,2-3,5-10,12H2,1H3. The molecular formula is C11H22N2O. The molecule has 3 heteroatoms. The fourth-order valence-electron chi connectivity index (χ4n) is 1.24. The topological polar surface area (TPSA) is 46.3 Å². The predicted octanol–water partition coefficient (Wildman–Crippen LogP) is 1.54. The Bertz CT molecular complexity index is 169. The molecule has 0 saturated carbocycles. The Hall–Kier alpha value is -0.830. The van der Waals surface area contributed by atoms with Crippen LogP contribution >= 0.6 is 0 Å². The van der Waals surface area contributed by atoms with Gasteiger partial charge < -0.3 is 10.6 Å². The van der Waals surface area contributed by atoms with Crippen LogP contribution in [0.3, 0.4) is 0 Å². The van der Waals surface area contributed by atoms with Gasteiger partial charge in [-0.25, -0.2) is 0 Å². The Morgan fingerprint density at radius 2 is 2.21 bits per heavy atom. The minimum Gasteiger partial charge on any atom is -0.339 e. The van der Waals surface area contributed by atoms with Crippen molar-refractivity contribution in [3.05, 3.63) is 12.7 Å². The van der Waals surface area contributed by atoms with Crippen molar-refractivity contribution in [2.45, 2.75) is 32.6 Å². The molecule has 0 fully saturated rings. The van der Waals surface area contributed by atoms with Gasteiger partial charge in [0.1, 0.15) is 0 Å². The van der Waals surface area contributed by atoms with Crippen molar-refractivity contribution in [2.75, 3.05) is 19.6 Å². The lowest BCUT2D eigenvalue weighted by Crippen LogP contribution is -2.32. The van der Waals surface area contributed by atoms with Gasteiger partial charge in [-0.3, -0.25) is 4.79 Å². The second-order valence-electron chi connectivity index (χ2n) is 3.37. The van der Waals surface area contributed by atoms with Crippen molar-refractivity contribution in [1.29, 1.82) is 0 Å². The van der Waals surface area contributed by atoms with E-state index in [1.165, 1.54) is 0 Å². The second-order valence-corrected chi connectivity index (χ2v) is 3.37. The quantitative estimate of drug-likeness (QED) is 0.601. The van der Waals surface area contributed by atoms with E-state index in [0.29, 0.717) is 19.5 Å². The van der Waals surface area contributed by atoms with E-state index in [0.717, 1.165) is 25.8 Å². The van der Waals surface area contributed by atoms with Gasteiger partial charge in [-0.1, -0.05) is 19.4 Å². The minimum atomic E-state index is 0.222. The highest BCUT2D eigenvalue weighted by molar-refractivity contribution is 5.76. The number of nitrogens with zero attached hydrogens (tertiary/aromatic N) is 1. The van der Waals surface area contributed by atoms with Crippen LogP contribution in [0.15, 0.2) is 12.7 Å². The van der Waals surface area contributed by atoms with Crippen LogP contribution < -0.4 is 5.73 Å². The molecule has 2 N–H and O–H groups in total. The molecule has 3 nitrogen and oxygen atoms in total. The summed E-state index contributed by atoms with van der Waals surface area (Å²) < 4.78 is 0. The zero-order valence-corrected chi connectivity index (χ0v) is 9.17. The predicted molar refractivity (Wildman–Crippen MR) is 60.0 cm³/mol. The van der Waals surface area contributed by atoms with Crippen molar-refractivity contribution in [2.24, 2.45) is 5.73 Å². The summed E-state index contributed by atoms with van der Waals surface area (Å²) in [6.45, 7) is 7.76. The van der Waals surface area contributed by atoms with Crippen LogP contribution in [0.2, 0.25) is 0 Å². The number of amides is 1. The largest absolute Gasteiger partial charge is 0.339 e. The molecule has 82 valence electrons. The zero-order chi connectivity index (χ0) is 10.8. The molecule has 0 bridgehead atoms. The molecule has 0 aromatic carbocycles. The third kappa shape index (κ3) is 5.75. The average Bonchev–Trinajstić information content (AvgIpc) is 2.20. The van der Waals surface area contributed by atoms with Gasteiger partial charge in [0.05, 0.1) is 0 Å². The van der Waals surface area contributed by atoms with Gasteiger partial charge in [-0.15, -0.1) is 6.58 Å². The van der Waals surface area contributed by atoms with Crippen LogP contribution in [0.4, 0.5) is 0 Å². The molecule has 0 radical (unpaired) electrons. The Morgan fingerprint density at radius 1 is 1.50 bits per heavy atom. The monoisotopic (exact) mass is 198 g/mol. The number of carbonyl (C=O) groups is 1. The molecule has 0 aliphatic heterocycles. The normalized spacial score (nSPS) is 9.86. The lowest BCUT2D eigenvalue weighted by atomic mass is 10.2. The summed E-state index contributed by atoms with van der Waals surface area (Å²) in [7, 11) is 0. The Morgan fingerprint density at radius 3 is 2.71 bits per heavy atom. The molecule has 0 atom stereocenters. The van der Waals surface area contributed by atoms with Crippen molar-refractivity contribution in [3.8, 4) is 0 Å². The zero-order valence-electron chi connectivity index (χ0n) is 9.17. The van der Waals surface area contributed by atoms with Crippen molar-refractivity contribution in [1.82, 2.24) is 4.90 Å². The highest BCUT2D eigenvalue weighted by Gasteiger charge is 2.09. The summed E-state index contributed by atoms with van der Waals surface area (Å²) in [6, 6.07) is 0. The van der Waals surface area contributed by atoms with Gasteiger partial charge in [0.2, 0.25) is 5.91 Å². The number of hydrogen-bond acceptors (Lipinski definition) is 2. The third-order valence-corrected chi connectivity index (χ3v) is 2.08. The van der Waals surface area contributed by atoms with Crippen molar-refractivity contribution >= 4 is 5.91 Å². The summed E-state index contributed by atoms with van der Waals surface area (Å²) >= 11 is 0. The van der Waals surface area contributed by atoms with E-state index in [4.69, 9.17) is 5.73 Å². The molecule has 0 aliphatic carbocycles. The fraction of sp³-hybridized carbons (Fsp3) is 0.727. The highest BCUT2D eigenvalue weighted by atomic mass is 16.2. The van der Waals surface area contributed by atoms with E-state index in [2.05, 4.69) is 13.5 Å². The van der Waals surface area contributed by atoms with Crippen LogP contribution in [-0.2, 0) is 4.79 Å². The Balaban J connectivity index is 3.90. The maximum absolute atomic E-state index is 11.6. The molecule has 0 spiro atoms. The maximum atomic E-state index is 11.6. The van der Waals surface area contributed by atoms with Gasteiger partial charge >= 0.3 is 0 Å². The van der Waals surface area contributed by atoms with E-state index < -0.39 is 0 Å². The first-order valence-electron chi connectivity index (χ1n) is 5.35. The number of unbranched alkanes of at least 4 members (excludes halogenated alkanes) is 1. The molecule has 0 aromatic rings. The van der Waals surface area contributed by atoms with E-state index >= 15 is 0 Å². The van der Waals surface area contributed by atoms with Crippen LogP contribution in [0, 0.1) is 0 Å². The van der Waals surface area contributed by atoms with Crippen LogP contribution in [0.5, 0.6) is 0 Å². The minimum absolute atomic E-state index is 0.222. The van der Waals surface area contributed by atoms with E-state index in [-0.39, 0.29) is 5.91 Å². The number of hydrogen-bond donors (Lipinski definition) is 1. The third-order valence-electron chi connectivity index (χ3n) is 2.08. The summed E-state index contributed by atoms with van der Waals surface area (Å²) in [5, 5.41) is 0. The lowest BCUT2D eigenvalue weighted by molar-refractivity contribution is -0.130. The molecule has 0 heterocycles. The Labute approximate surface area is 87.0 Å². The first kappa shape index (κ1) is 13.2. The fourth-order valence-corrected chi connectivity index (χ4v) is 1.24. The van der Waals surface area contributed by atoms with Crippen molar-refractivity contribution < 1.29 is 4.79 Å². The highest BCUT2D eigenvalue weighted by Crippen LogP contribution is 2.01. The van der Waals surface area contributed by atoms with Crippen molar-refractivity contribution in [3.63, 3.8) is 0 Å². The van der Waals surface area contributed by atoms with Crippen LogP contribution in [0.25, 0.3) is 0 Å². The first-order chi connectivity index (χ1) is 6.76. The molecule has 0 aliphatic rings. The van der Waals surface area contributed by atoms with Gasteiger partial charge in [0, 0.05) is 19.5 Å². The molecule has 1 amide bonds. The Kier molecular flexibility index (Phi) is 8.24. The summed E-state index contributed by atoms with van der Waals surface area (Å²) in [5.74, 6) is 0.222. The van der Waals surface area contributed by atoms with Crippen LogP contribution in [-0.4, -0.2) is 30.4 Å². The summed E-state index contributed by atoms with van der Waals surface area (Å²) in [6.07, 6.45) is 5.31. The van der Waals surface area contributed by atoms with Gasteiger partial charge in [-0.05, 0) is 19.4 Å². The molecule has 14 heavy (non-hydrogen) atoms. The number of carbonyl (C=O) groups excluding carboxylic acids is 1. The molecular weight excluding hydrogens is 176 g/mol. The second kappa shape index (κ2) is 8.75. The van der Waals surface area contributed by atoms with Gasteiger partial charge in [-0.2, -0.15) is 0 Å². The van der Waals surface area contributed by atoms with E-state index in [1.54, 1.807) is 6.08 Å². The van der Waals surface area contributed by atoms with Gasteiger partial charge in [0.15, 0.2) is 0 Å². The number of rotatable bonds is 8. The summed E-state index contributed by atoms with van der Waals surface area (Å²) in [5.41, 5.74) is 5.41. The molecule has 0 unspecified atom stereocenters. The summed E-state index contributed by atoms with van der Waals surface area (Å²) in [4.78, 5) is 13.5. The molecule has 0 aromatic heterocycles. The average molecular weight is 198 g/mol. The first-order valence-corrected chi connectivity index (χ1v) is 5.35. The van der Waals surface area contributed by atoms with Gasteiger partial charge in [0.25, 0.3) is 0 Å². The van der Waals surface area contributed by atoms with E-state index in [9.17, 15) is 4.79 Å². The van der Waals surface area contributed by atoms with E-state index in [1.807, 2.05) is 4.90 Å².